The lowest BCUT2D eigenvalue weighted by Gasteiger charge is -2.12. The summed E-state index contributed by atoms with van der Waals surface area (Å²) in [6, 6.07) is 22.3. The Balaban J connectivity index is 1.63. The maximum Gasteiger partial charge on any atom is 0.229 e. The van der Waals surface area contributed by atoms with Gasteiger partial charge in [-0.2, -0.15) is 4.52 Å². The van der Waals surface area contributed by atoms with Gasteiger partial charge in [-0.05, 0) is 42.5 Å². The summed E-state index contributed by atoms with van der Waals surface area (Å²) in [5.74, 6) is 1.93. The van der Waals surface area contributed by atoms with E-state index < -0.39 is 10.0 Å². The van der Waals surface area contributed by atoms with E-state index in [9.17, 15) is 8.42 Å². The van der Waals surface area contributed by atoms with E-state index in [1.807, 2.05) is 54.6 Å². The number of nitrogens with one attached hydrogen (secondary N) is 2. The van der Waals surface area contributed by atoms with Crippen LogP contribution in [-0.4, -0.2) is 41.6 Å². The van der Waals surface area contributed by atoms with Gasteiger partial charge in [0.1, 0.15) is 5.75 Å². The molecule has 0 aliphatic heterocycles. The lowest BCUT2D eigenvalue weighted by Crippen LogP contribution is -2.09. The van der Waals surface area contributed by atoms with Gasteiger partial charge in [-0.1, -0.05) is 30.3 Å². The third kappa shape index (κ3) is 4.15. The van der Waals surface area contributed by atoms with Crippen LogP contribution in [-0.2, 0) is 10.0 Å². The van der Waals surface area contributed by atoms with Crippen molar-refractivity contribution in [3.8, 4) is 17.1 Å². The minimum atomic E-state index is -3.39. The first kappa shape index (κ1) is 20.7. The van der Waals surface area contributed by atoms with E-state index in [0.29, 0.717) is 28.7 Å². The fourth-order valence-corrected chi connectivity index (χ4v) is 4.16. The molecule has 5 rings (SSSR count). The first-order valence-corrected chi connectivity index (χ1v) is 11.9. The van der Waals surface area contributed by atoms with Crippen LogP contribution >= 0.6 is 0 Å². The maximum absolute atomic E-state index is 11.6. The summed E-state index contributed by atoms with van der Waals surface area (Å²) in [4.78, 5) is 0. The van der Waals surface area contributed by atoms with E-state index in [2.05, 4.69) is 20.2 Å². The number of anilines is 3. The Hall–Kier alpha value is -4.18. The molecule has 10 heteroatoms. The molecule has 0 aliphatic carbocycles. The van der Waals surface area contributed by atoms with E-state index in [0.717, 1.165) is 28.3 Å². The SMILES string of the molecule is COc1ccc(-c2nnc3c4ccccc4c(Nc4cccc(NS(C)(=O)=O)c4)nn23)cc1. The summed E-state index contributed by atoms with van der Waals surface area (Å²) in [6.07, 6.45) is 1.11. The van der Waals surface area contributed by atoms with Crippen molar-refractivity contribution in [2.75, 3.05) is 23.4 Å². The van der Waals surface area contributed by atoms with Crippen molar-refractivity contribution in [1.82, 2.24) is 19.8 Å². The van der Waals surface area contributed by atoms with Crippen molar-refractivity contribution >= 4 is 43.6 Å². The predicted molar refractivity (Wildman–Crippen MR) is 128 cm³/mol. The zero-order chi connectivity index (χ0) is 23.0. The molecule has 166 valence electrons. The van der Waals surface area contributed by atoms with Crippen molar-refractivity contribution in [2.45, 2.75) is 0 Å². The van der Waals surface area contributed by atoms with Crippen LogP contribution in [0.25, 0.3) is 27.8 Å². The number of methoxy groups -OCH3 is 1. The molecule has 0 fully saturated rings. The Kier molecular flexibility index (Phi) is 5.06. The Morgan fingerprint density at radius 3 is 2.33 bits per heavy atom. The Bertz CT molecular complexity index is 1580. The predicted octanol–water partition coefficient (Wildman–Crippen LogP) is 4.07. The highest BCUT2D eigenvalue weighted by molar-refractivity contribution is 7.92. The van der Waals surface area contributed by atoms with E-state index in [1.165, 1.54) is 0 Å². The summed E-state index contributed by atoms with van der Waals surface area (Å²) in [5.41, 5.74) is 2.61. The molecule has 9 nitrogen and oxygen atoms in total. The number of benzene rings is 3. The van der Waals surface area contributed by atoms with E-state index in [1.54, 1.807) is 29.8 Å². The zero-order valence-corrected chi connectivity index (χ0v) is 18.7. The molecule has 0 radical (unpaired) electrons. The molecular formula is C23H20N6O3S. The van der Waals surface area contributed by atoms with Gasteiger partial charge in [0.25, 0.3) is 0 Å². The molecular weight excluding hydrogens is 440 g/mol. The molecule has 33 heavy (non-hydrogen) atoms. The summed E-state index contributed by atoms with van der Waals surface area (Å²) in [5, 5.41) is 18.6. The summed E-state index contributed by atoms with van der Waals surface area (Å²) >= 11 is 0. The molecule has 0 spiro atoms. The highest BCUT2D eigenvalue weighted by Crippen LogP contribution is 2.30. The van der Waals surface area contributed by atoms with Crippen LogP contribution < -0.4 is 14.8 Å². The van der Waals surface area contributed by atoms with Crippen molar-refractivity contribution in [1.29, 1.82) is 0 Å². The van der Waals surface area contributed by atoms with Crippen molar-refractivity contribution < 1.29 is 13.2 Å². The van der Waals surface area contributed by atoms with Gasteiger partial charge in [0.05, 0.1) is 19.1 Å². The van der Waals surface area contributed by atoms with Gasteiger partial charge in [-0.25, -0.2) is 8.42 Å². The highest BCUT2D eigenvalue weighted by Gasteiger charge is 2.16. The fraction of sp³-hybridized carbons (Fsp3) is 0.0870. The van der Waals surface area contributed by atoms with Crippen LogP contribution in [0.4, 0.5) is 17.2 Å². The van der Waals surface area contributed by atoms with Gasteiger partial charge < -0.3 is 10.1 Å². The number of sulfonamides is 1. The van der Waals surface area contributed by atoms with Crippen LogP contribution in [0.5, 0.6) is 5.75 Å². The first-order chi connectivity index (χ1) is 15.9. The molecule has 0 unspecified atom stereocenters. The maximum atomic E-state index is 11.6. The minimum absolute atomic E-state index is 0.455. The number of fused-ring (bicyclic) bond motifs is 3. The van der Waals surface area contributed by atoms with Crippen molar-refractivity contribution in [2.24, 2.45) is 0 Å². The number of hydrogen-bond acceptors (Lipinski definition) is 7. The van der Waals surface area contributed by atoms with Gasteiger partial charge in [-0.15, -0.1) is 15.3 Å². The second-order valence-electron chi connectivity index (χ2n) is 7.46. The molecule has 2 heterocycles. The van der Waals surface area contributed by atoms with Crippen LogP contribution in [0, 0.1) is 0 Å². The lowest BCUT2D eigenvalue weighted by atomic mass is 10.1. The fourth-order valence-electron chi connectivity index (χ4n) is 3.60. The third-order valence-corrected chi connectivity index (χ3v) is 5.65. The van der Waals surface area contributed by atoms with Gasteiger partial charge in [0.2, 0.25) is 10.0 Å². The monoisotopic (exact) mass is 460 g/mol. The van der Waals surface area contributed by atoms with Crippen molar-refractivity contribution in [3.05, 3.63) is 72.8 Å². The van der Waals surface area contributed by atoms with Crippen molar-refractivity contribution in [3.63, 3.8) is 0 Å². The molecule has 5 aromatic rings. The summed E-state index contributed by atoms with van der Waals surface area (Å²) in [7, 11) is -1.77. The largest absolute Gasteiger partial charge is 0.497 e. The van der Waals surface area contributed by atoms with E-state index in [4.69, 9.17) is 9.84 Å². The molecule has 0 aliphatic rings. The Labute approximate surface area is 190 Å². The van der Waals surface area contributed by atoms with E-state index >= 15 is 0 Å². The summed E-state index contributed by atoms with van der Waals surface area (Å²) in [6.45, 7) is 0. The van der Waals surface area contributed by atoms with Crippen LogP contribution in [0.2, 0.25) is 0 Å². The molecule has 0 saturated heterocycles. The molecule has 0 atom stereocenters. The number of ether oxygens (including phenoxy) is 1. The number of rotatable bonds is 6. The molecule has 3 aromatic carbocycles. The quantitative estimate of drug-likeness (QED) is 0.393. The third-order valence-electron chi connectivity index (χ3n) is 5.04. The second kappa shape index (κ2) is 8.06. The van der Waals surface area contributed by atoms with Crippen LogP contribution in [0.1, 0.15) is 0 Å². The van der Waals surface area contributed by atoms with Gasteiger partial charge in [-0.3, -0.25) is 4.72 Å². The van der Waals surface area contributed by atoms with Gasteiger partial charge >= 0.3 is 0 Å². The van der Waals surface area contributed by atoms with Gasteiger partial charge in [0, 0.05) is 22.0 Å². The highest BCUT2D eigenvalue weighted by atomic mass is 32.2. The average Bonchev–Trinajstić information content (AvgIpc) is 3.22. The Morgan fingerprint density at radius 1 is 0.879 bits per heavy atom. The molecule has 0 amide bonds. The number of hydrogen-bond donors (Lipinski definition) is 2. The van der Waals surface area contributed by atoms with Crippen LogP contribution in [0.15, 0.2) is 72.8 Å². The zero-order valence-electron chi connectivity index (χ0n) is 17.9. The Morgan fingerprint density at radius 2 is 1.61 bits per heavy atom. The molecule has 2 N–H and O–H groups in total. The minimum Gasteiger partial charge on any atom is -0.497 e. The normalized spacial score (nSPS) is 11.6. The molecule has 2 aromatic heterocycles. The van der Waals surface area contributed by atoms with Gasteiger partial charge in [0.15, 0.2) is 17.3 Å². The first-order valence-electron chi connectivity index (χ1n) is 10.0. The smallest absolute Gasteiger partial charge is 0.229 e. The average molecular weight is 461 g/mol. The molecule has 0 bridgehead atoms. The lowest BCUT2D eigenvalue weighted by molar-refractivity contribution is 0.415. The summed E-state index contributed by atoms with van der Waals surface area (Å²) < 4.78 is 32.6. The van der Waals surface area contributed by atoms with E-state index in [-0.39, 0.29) is 0 Å². The molecule has 0 saturated carbocycles. The second-order valence-corrected chi connectivity index (χ2v) is 9.21. The number of nitrogens with zero attached hydrogens (tertiary/aromatic N) is 4. The van der Waals surface area contributed by atoms with Crippen LogP contribution in [0.3, 0.4) is 0 Å². The topological polar surface area (TPSA) is 111 Å². The standard InChI is InChI=1S/C23H20N6O3S/c1-32-18-12-10-15(11-13-18)22-25-26-23-20-9-4-3-8-19(20)21(27-29(22)23)24-16-6-5-7-17(14-16)28-33(2,30)31/h3-14,28H,1-2H3,(H,24,27). The number of aromatic nitrogens is 4.